The van der Waals surface area contributed by atoms with Crippen molar-refractivity contribution in [1.82, 2.24) is 9.80 Å². The summed E-state index contributed by atoms with van der Waals surface area (Å²) in [6.45, 7) is 6.48. The van der Waals surface area contributed by atoms with Crippen LogP contribution >= 0.6 is 0 Å². The number of ether oxygens (including phenoxy) is 1. The molecule has 0 spiro atoms. The molecule has 0 aliphatic carbocycles. The second kappa shape index (κ2) is 8.02. The summed E-state index contributed by atoms with van der Waals surface area (Å²) in [5, 5.41) is 0. The van der Waals surface area contributed by atoms with Gasteiger partial charge < -0.3 is 14.5 Å². The Kier molecular flexibility index (Phi) is 5.77. The first-order valence-electron chi connectivity index (χ1n) is 9.37. The lowest BCUT2D eigenvalue weighted by molar-refractivity contribution is 0.0584. The molecule has 1 atom stereocenters. The first kappa shape index (κ1) is 17.3. The molecule has 2 aliphatic heterocycles. The molecule has 1 aromatic rings. The van der Waals surface area contributed by atoms with Crippen molar-refractivity contribution < 1.29 is 9.53 Å². The second-order valence-electron chi connectivity index (χ2n) is 7.19. The molecule has 0 N–H and O–H groups in total. The highest BCUT2D eigenvalue weighted by Gasteiger charge is 2.29. The van der Waals surface area contributed by atoms with Gasteiger partial charge in [0.15, 0.2) is 0 Å². The van der Waals surface area contributed by atoms with Crippen molar-refractivity contribution in [3.63, 3.8) is 0 Å². The standard InChI is InChI=1S/C20H30N2O2/c1-16-8-9-18(19(15-16)24-2)20(23)22-13-4-3-7-17(22)10-14-21-11-5-6-12-21/h8-9,15,17H,3-7,10-14H2,1-2H3/t17-/m1/s1. The van der Waals surface area contributed by atoms with Crippen LogP contribution in [0.15, 0.2) is 18.2 Å². The molecule has 2 aliphatic rings. The van der Waals surface area contributed by atoms with E-state index in [0.717, 1.165) is 37.9 Å². The normalized spacial score (nSPS) is 21.9. The number of benzene rings is 1. The molecule has 24 heavy (non-hydrogen) atoms. The summed E-state index contributed by atoms with van der Waals surface area (Å²) < 4.78 is 5.46. The fourth-order valence-corrected chi connectivity index (χ4v) is 4.04. The summed E-state index contributed by atoms with van der Waals surface area (Å²) in [4.78, 5) is 17.8. The molecule has 1 amide bonds. The Morgan fingerprint density at radius 3 is 2.67 bits per heavy atom. The number of methoxy groups -OCH3 is 1. The Balaban J connectivity index is 1.70. The quantitative estimate of drug-likeness (QED) is 0.828. The number of carbonyl (C=O) groups is 1. The zero-order chi connectivity index (χ0) is 16.9. The van der Waals surface area contributed by atoms with Gasteiger partial charge in [0, 0.05) is 19.1 Å². The Morgan fingerprint density at radius 1 is 1.17 bits per heavy atom. The lowest BCUT2D eigenvalue weighted by Crippen LogP contribution is -2.45. The van der Waals surface area contributed by atoms with Crippen molar-refractivity contribution in [3.05, 3.63) is 29.3 Å². The fourth-order valence-electron chi connectivity index (χ4n) is 4.04. The molecule has 2 fully saturated rings. The topological polar surface area (TPSA) is 32.8 Å². The number of carbonyl (C=O) groups excluding carboxylic acids is 1. The van der Waals surface area contributed by atoms with Gasteiger partial charge in [-0.1, -0.05) is 6.07 Å². The van der Waals surface area contributed by atoms with Gasteiger partial charge in [-0.3, -0.25) is 4.79 Å². The monoisotopic (exact) mass is 330 g/mol. The van der Waals surface area contributed by atoms with Crippen molar-refractivity contribution in [3.8, 4) is 5.75 Å². The van der Waals surface area contributed by atoms with Crippen LogP contribution in [0.25, 0.3) is 0 Å². The van der Waals surface area contributed by atoms with Gasteiger partial charge in [-0.05, 0) is 76.2 Å². The zero-order valence-electron chi connectivity index (χ0n) is 15.1. The van der Waals surface area contributed by atoms with Crippen LogP contribution in [0.3, 0.4) is 0 Å². The van der Waals surface area contributed by atoms with E-state index in [9.17, 15) is 4.79 Å². The summed E-state index contributed by atoms with van der Waals surface area (Å²) in [6.07, 6.45) is 7.23. The number of likely N-dealkylation sites (tertiary alicyclic amines) is 2. The van der Waals surface area contributed by atoms with Crippen LogP contribution in [-0.2, 0) is 0 Å². The van der Waals surface area contributed by atoms with Gasteiger partial charge >= 0.3 is 0 Å². The molecule has 0 aromatic heterocycles. The molecule has 0 bridgehead atoms. The number of nitrogens with zero attached hydrogens (tertiary/aromatic N) is 2. The third-order valence-electron chi connectivity index (χ3n) is 5.45. The molecule has 3 rings (SSSR count). The van der Waals surface area contributed by atoms with E-state index in [2.05, 4.69) is 9.80 Å². The zero-order valence-corrected chi connectivity index (χ0v) is 15.1. The van der Waals surface area contributed by atoms with Crippen molar-refractivity contribution in [1.29, 1.82) is 0 Å². The third-order valence-corrected chi connectivity index (χ3v) is 5.45. The van der Waals surface area contributed by atoms with Gasteiger partial charge in [0.2, 0.25) is 0 Å². The van der Waals surface area contributed by atoms with E-state index in [0.29, 0.717) is 17.4 Å². The molecule has 0 radical (unpaired) electrons. The van der Waals surface area contributed by atoms with E-state index in [4.69, 9.17) is 4.74 Å². The van der Waals surface area contributed by atoms with Crippen molar-refractivity contribution in [2.45, 2.75) is 51.5 Å². The summed E-state index contributed by atoms with van der Waals surface area (Å²) in [6, 6.07) is 6.25. The summed E-state index contributed by atoms with van der Waals surface area (Å²) in [7, 11) is 1.65. The minimum absolute atomic E-state index is 0.137. The Hall–Kier alpha value is -1.55. The lowest BCUT2D eigenvalue weighted by Gasteiger charge is -2.37. The first-order valence-corrected chi connectivity index (χ1v) is 9.37. The highest BCUT2D eigenvalue weighted by molar-refractivity contribution is 5.97. The number of hydrogen-bond acceptors (Lipinski definition) is 3. The highest BCUT2D eigenvalue weighted by Crippen LogP contribution is 2.27. The molecule has 132 valence electrons. The van der Waals surface area contributed by atoms with E-state index >= 15 is 0 Å². The van der Waals surface area contributed by atoms with Gasteiger partial charge in [0.05, 0.1) is 12.7 Å². The first-order chi connectivity index (χ1) is 11.7. The van der Waals surface area contributed by atoms with Crippen LogP contribution in [0.1, 0.15) is 54.4 Å². The minimum atomic E-state index is 0.137. The number of aryl methyl sites for hydroxylation is 1. The molecular weight excluding hydrogens is 300 g/mol. The van der Waals surface area contributed by atoms with Gasteiger partial charge in [0.25, 0.3) is 5.91 Å². The molecule has 1 aromatic carbocycles. The van der Waals surface area contributed by atoms with Crippen molar-refractivity contribution >= 4 is 5.91 Å². The molecule has 2 saturated heterocycles. The number of amides is 1. The van der Waals surface area contributed by atoms with E-state index in [-0.39, 0.29) is 5.91 Å². The van der Waals surface area contributed by atoms with Crippen molar-refractivity contribution in [2.75, 3.05) is 33.3 Å². The predicted molar refractivity (Wildman–Crippen MR) is 96.7 cm³/mol. The predicted octanol–water partition coefficient (Wildman–Crippen LogP) is 3.48. The molecule has 2 heterocycles. The minimum Gasteiger partial charge on any atom is -0.496 e. The number of hydrogen-bond donors (Lipinski definition) is 0. The third kappa shape index (κ3) is 3.92. The SMILES string of the molecule is COc1cc(C)ccc1C(=O)N1CCCC[C@@H]1CCN1CCCC1. The van der Waals surface area contributed by atoms with E-state index in [1.165, 1.54) is 32.4 Å². The molecule has 0 unspecified atom stereocenters. The van der Waals surface area contributed by atoms with Crippen LogP contribution in [-0.4, -0.2) is 55.0 Å². The molecule has 4 heteroatoms. The van der Waals surface area contributed by atoms with E-state index in [1.807, 2.05) is 25.1 Å². The lowest BCUT2D eigenvalue weighted by atomic mass is 9.97. The molecule has 0 saturated carbocycles. The molecule has 4 nitrogen and oxygen atoms in total. The van der Waals surface area contributed by atoms with Gasteiger partial charge in [-0.15, -0.1) is 0 Å². The van der Waals surface area contributed by atoms with Gasteiger partial charge in [-0.2, -0.15) is 0 Å². The number of rotatable bonds is 5. The Morgan fingerprint density at radius 2 is 1.92 bits per heavy atom. The van der Waals surface area contributed by atoms with Crippen LogP contribution < -0.4 is 4.74 Å². The Labute approximate surface area is 145 Å². The maximum atomic E-state index is 13.1. The average Bonchev–Trinajstić information content (AvgIpc) is 3.13. The van der Waals surface area contributed by atoms with Crippen molar-refractivity contribution in [2.24, 2.45) is 0 Å². The average molecular weight is 330 g/mol. The van der Waals surface area contributed by atoms with Crippen LogP contribution in [0.5, 0.6) is 5.75 Å². The second-order valence-corrected chi connectivity index (χ2v) is 7.19. The summed E-state index contributed by atoms with van der Waals surface area (Å²) in [5.74, 6) is 0.835. The highest BCUT2D eigenvalue weighted by atomic mass is 16.5. The van der Waals surface area contributed by atoms with E-state index < -0.39 is 0 Å². The Bertz CT molecular complexity index is 567. The van der Waals surface area contributed by atoms with E-state index in [1.54, 1.807) is 7.11 Å². The summed E-state index contributed by atoms with van der Waals surface area (Å²) >= 11 is 0. The van der Waals surface area contributed by atoms with Crippen LogP contribution in [0.4, 0.5) is 0 Å². The summed E-state index contributed by atoms with van der Waals surface area (Å²) in [5.41, 5.74) is 1.82. The molecular formula is C20H30N2O2. The fraction of sp³-hybridized carbons (Fsp3) is 0.650. The maximum Gasteiger partial charge on any atom is 0.257 e. The smallest absolute Gasteiger partial charge is 0.257 e. The van der Waals surface area contributed by atoms with Gasteiger partial charge in [0.1, 0.15) is 5.75 Å². The largest absolute Gasteiger partial charge is 0.496 e. The maximum absolute atomic E-state index is 13.1. The van der Waals surface area contributed by atoms with Crippen LogP contribution in [0, 0.1) is 6.92 Å². The number of piperidine rings is 1. The van der Waals surface area contributed by atoms with Crippen LogP contribution in [0.2, 0.25) is 0 Å². The van der Waals surface area contributed by atoms with Gasteiger partial charge in [-0.25, -0.2) is 0 Å².